The minimum atomic E-state index is -0.0160. The molecule has 8 bridgehead atoms. The standard InChI is InChI=1S/C64H74BN3S/c1-59(2,3)36-15-14-16-39(26-36)68-51-28-38(61(7,8)9)17-21-50(51)65-55-52(30-54(66-58(55)68)64-31-45-41-23-35-24-42(45)47(33-64)43(25-35)46(41)32-64)67(40-19-20-48-49(29-40)63(12,13)34-62(48,10)11)56-44-27-37(60(4,5)6)18-22-53(44)69-57(56)65/h14-22,26-30,35,41-43,45-47H,23-25,31-34H2,1-13H3/t35?,41-,42-,43?,45?,46?,47?,64-/m1/s1. The molecule has 16 rings (SSSR count). The minimum Gasteiger partial charge on any atom is -0.310 e. The van der Waals surface area contributed by atoms with E-state index in [9.17, 15) is 0 Å². The summed E-state index contributed by atoms with van der Waals surface area (Å²) in [7, 11) is 0. The first kappa shape index (κ1) is 43.4. The predicted octanol–water partition coefficient (Wildman–Crippen LogP) is 15.2. The molecule has 2 aromatic heterocycles. The van der Waals surface area contributed by atoms with Crippen molar-refractivity contribution in [1.82, 2.24) is 4.98 Å². The zero-order valence-corrected chi connectivity index (χ0v) is 44.7. The van der Waals surface area contributed by atoms with E-state index in [-0.39, 0.29) is 39.2 Å². The molecular formula is C64H74BN3S. The first-order chi connectivity index (χ1) is 32.5. The van der Waals surface area contributed by atoms with E-state index < -0.39 is 0 Å². The van der Waals surface area contributed by atoms with Crippen LogP contribution in [0, 0.1) is 41.4 Å². The van der Waals surface area contributed by atoms with Gasteiger partial charge in [0.1, 0.15) is 5.82 Å². The lowest BCUT2D eigenvalue weighted by atomic mass is 9.32. The summed E-state index contributed by atoms with van der Waals surface area (Å²) >= 11 is 2.04. The highest BCUT2D eigenvalue weighted by atomic mass is 32.1. The Labute approximate surface area is 418 Å². The van der Waals surface area contributed by atoms with Crippen molar-refractivity contribution in [2.75, 3.05) is 9.80 Å². The van der Waals surface area contributed by atoms with Gasteiger partial charge in [0, 0.05) is 43.0 Å². The minimum absolute atomic E-state index is 0.00150. The highest BCUT2D eigenvalue weighted by Crippen LogP contribution is 2.74. The number of hydrogen-bond donors (Lipinski definition) is 0. The van der Waals surface area contributed by atoms with Crippen molar-refractivity contribution >= 4 is 78.1 Å². The van der Waals surface area contributed by atoms with Crippen molar-refractivity contribution in [3.05, 3.63) is 118 Å². The number of fused-ring (bicyclic) bond motifs is 7. The topological polar surface area (TPSA) is 19.4 Å². The SMILES string of the molecule is CC(C)(C)c1cccc(N2c3cc(C(C)(C)C)ccc3B3c4sc5ccc(C(C)(C)C)cc5c4N(c4ccc5c(c4)C(C)(C)CC5(C)C)c4cc([C@]56CC7C8CC9C[C@@H]7C(C5)[C@@H](C9)C8C6)nc2c43)c1. The summed E-state index contributed by atoms with van der Waals surface area (Å²) in [6.45, 7) is 31.3. The quantitative estimate of drug-likeness (QED) is 0.165. The van der Waals surface area contributed by atoms with E-state index in [0.717, 1.165) is 47.8 Å². The average Bonchev–Trinajstić information content (AvgIpc) is 3.75. The second-order valence-electron chi connectivity index (χ2n) is 28.6. The molecule has 4 heterocycles. The van der Waals surface area contributed by atoms with Crippen LogP contribution in [0.5, 0.6) is 0 Å². The maximum Gasteiger partial charge on any atom is 0.266 e. The fourth-order valence-corrected chi connectivity index (χ4v) is 18.8. The summed E-state index contributed by atoms with van der Waals surface area (Å²) in [6, 6.07) is 34.9. The van der Waals surface area contributed by atoms with Gasteiger partial charge in [-0.05, 0) is 201 Å². The Morgan fingerprint density at radius 2 is 1.17 bits per heavy atom. The summed E-state index contributed by atoms with van der Waals surface area (Å²) in [4.78, 5) is 11.8. The van der Waals surface area contributed by atoms with Crippen molar-refractivity contribution in [3.8, 4) is 0 Å². The molecule has 0 spiro atoms. The van der Waals surface area contributed by atoms with Gasteiger partial charge in [0.2, 0.25) is 0 Å². The van der Waals surface area contributed by atoms with Crippen molar-refractivity contribution in [2.24, 2.45) is 41.4 Å². The smallest absolute Gasteiger partial charge is 0.266 e. The van der Waals surface area contributed by atoms with Gasteiger partial charge < -0.3 is 4.90 Å². The van der Waals surface area contributed by atoms with Crippen LogP contribution in [0.2, 0.25) is 0 Å². The number of benzene rings is 4. The summed E-state index contributed by atoms with van der Waals surface area (Å²) in [5.74, 6) is 7.62. The molecule has 0 unspecified atom stereocenters. The fourth-order valence-electron chi connectivity index (χ4n) is 17.5. The molecule has 2 aliphatic heterocycles. The number of thiophene rings is 1. The normalized spacial score (nSPS) is 29.5. The molecule has 3 nitrogen and oxygen atoms in total. The van der Waals surface area contributed by atoms with Crippen LogP contribution in [0.25, 0.3) is 10.1 Å². The lowest BCUT2D eigenvalue weighted by Crippen LogP contribution is -2.66. The van der Waals surface area contributed by atoms with Crippen LogP contribution in [-0.2, 0) is 32.5 Å². The molecule has 4 aromatic carbocycles. The van der Waals surface area contributed by atoms with E-state index >= 15 is 0 Å². The van der Waals surface area contributed by atoms with Crippen LogP contribution in [0.1, 0.15) is 168 Å². The van der Waals surface area contributed by atoms with E-state index in [1.165, 1.54) is 132 Å². The Kier molecular flexibility index (Phi) is 8.55. The highest BCUT2D eigenvalue weighted by Gasteiger charge is 2.68. The van der Waals surface area contributed by atoms with Crippen molar-refractivity contribution in [3.63, 3.8) is 0 Å². The van der Waals surface area contributed by atoms with Crippen molar-refractivity contribution in [2.45, 2.75) is 167 Å². The van der Waals surface area contributed by atoms with Gasteiger partial charge in [-0.25, -0.2) is 4.98 Å². The molecule has 8 aliphatic carbocycles. The zero-order valence-electron chi connectivity index (χ0n) is 43.9. The number of hydrogen-bond acceptors (Lipinski definition) is 4. The van der Waals surface area contributed by atoms with E-state index in [1.54, 1.807) is 0 Å². The monoisotopic (exact) mass is 928 g/mol. The molecule has 0 amide bonds. The molecule has 5 heteroatoms. The summed E-state index contributed by atoms with van der Waals surface area (Å²) in [6.07, 6.45) is 9.66. The Morgan fingerprint density at radius 3 is 1.83 bits per heavy atom. The van der Waals surface area contributed by atoms with E-state index in [4.69, 9.17) is 4.98 Å². The molecule has 0 radical (unpaired) electrons. The molecule has 7 saturated carbocycles. The lowest BCUT2D eigenvalue weighted by Gasteiger charge is -2.72. The second kappa shape index (κ2) is 13.6. The molecule has 0 saturated heterocycles. The Morgan fingerprint density at radius 1 is 0.580 bits per heavy atom. The molecular weight excluding hydrogens is 854 g/mol. The second-order valence-corrected chi connectivity index (χ2v) is 29.7. The van der Waals surface area contributed by atoms with Gasteiger partial charge in [0.05, 0.1) is 11.4 Å². The predicted molar refractivity (Wildman–Crippen MR) is 294 cm³/mol. The van der Waals surface area contributed by atoms with Crippen molar-refractivity contribution in [1.29, 1.82) is 0 Å². The third kappa shape index (κ3) is 5.95. The van der Waals surface area contributed by atoms with E-state index in [1.807, 2.05) is 11.3 Å². The van der Waals surface area contributed by atoms with Crippen LogP contribution >= 0.6 is 11.3 Å². The lowest BCUT2D eigenvalue weighted by molar-refractivity contribution is -0.213. The van der Waals surface area contributed by atoms with Crippen LogP contribution in [0.4, 0.5) is 34.3 Å². The maximum absolute atomic E-state index is 6.37. The zero-order chi connectivity index (χ0) is 47.9. The summed E-state index contributed by atoms with van der Waals surface area (Å²) < 4.78 is 2.83. The molecule has 6 aromatic rings. The van der Waals surface area contributed by atoms with Gasteiger partial charge in [-0.1, -0.05) is 126 Å². The van der Waals surface area contributed by atoms with Crippen LogP contribution < -0.4 is 25.5 Å². The van der Waals surface area contributed by atoms with Crippen LogP contribution in [0.3, 0.4) is 0 Å². The fraction of sp³-hybridized carbons (Fsp3) is 0.516. The van der Waals surface area contributed by atoms with Gasteiger partial charge in [-0.2, -0.15) is 0 Å². The van der Waals surface area contributed by atoms with Gasteiger partial charge in [-0.15, -0.1) is 11.3 Å². The molecule has 354 valence electrons. The summed E-state index contributed by atoms with van der Waals surface area (Å²) in [5, 5.41) is 1.39. The van der Waals surface area contributed by atoms with Crippen LogP contribution in [-0.4, -0.2) is 11.7 Å². The Hall–Kier alpha value is -4.35. The third-order valence-corrected chi connectivity index (χ3v) is 21.6. The number of rotatable bonds is 3. The average molecular weight is 928 g/mol. The largest absolute Gasteiger partial charge is 0.310 e. The van der Waals surface area contributed by atoms with Gasteiger partial charge >= 0.3 is 0 Å². The third-order valence-electron chi connectivity index (χ3n) is 20.4. The molecule has 0 atom stereocenters. The highest BCUT2D eigenvalue weighted by molar-refractivity contribution is 7.33. The molecule has 10 aliphatic rings. The number of anilines is 6. The van der Waals surface area contributed by atoms with Gasteiger partial charge in [0.15, 0.2) is 0 Å². The maximum atomic E-state index is 6.37. The van der Waals surface area contributed by atoms with E-state index in [0.29, 0.717) is 0 Å². The molecule has 7 fully saturated rings. The number of aromatic nitrogens is 1. The van der Waals surface area contributed by atoms with Gasteiger partial charge in [0.25, 0.3) is 6.71 Å². The first-order valence-electron chi connectivity index (χ1n) is 27.1. The summed E-state index contributed by atoms with van der Waals surface area (Å²) in [5.41, 5.74) is 18.2. The first-order valence-corrected chi connectivity index (χ1v) is 27.9. The molecule has 0 N–H and O–H groups in total. The van der Waals surface area contributed by atoms with E-state index in [2.05, 4.69) is 185 Å². The Bertz CT molecular complexity index is 3140. The van der Waals surface area contributed by atoms with Crippen LogP contribution in [0.15, 0.2) is 84.9 Å². The van der Waals surface area contributed by atoms with Gasteiger partial charge in [-0.3, -0.25) is 4.90 Å². The number of nitrogens with zero attached hydrogens (tertiary/aromatic N) is 3. The Balaban J connectivity index is 1.10. The number of pyridine rings is 1. The van der Waals surface area contributed by atoms with Crippen molar-refractivity contribution < 1.29 is 0 Å². The molecule has 69 heavy (non-hydrogen) atoms.